The van der Waals surface area contributed by atoms with Crippen LogP contribution in [0.3, 0.4) is 0 Å². The lowest BCUT2D eigenvalue weighted by atomic mass is 10.3. The highest BCUT2D eigenvalue weighted by atomic mass is 32.2. The first kappa shape index (κ1) is 14.8. The van der Waals surface area contributed by atoms with Crippen molar-refractivity contribution in [2.45, 2.75) is 5.03 Å². The number of hydrogen-bond acceptors (Lipinski definition) is 5. The van der Waals surface area contributed by atoms with Crippen molar-refractivity contribution in [2.75, 3.05) is 5.75 Å². The third kappa shape index (κ3) is 4.18. The van der Waals surface area contributed by atoms with E-state index in [9.17, 15) is 14.4 Å². The van der Waals surface area contributed by atoms with Gasteiger partial charge in [-0.05, 0) is 24.3 Å². The topological polar surface area (TPSA) is 112 Å². The predicted octanol–water partition coefficient (Wildman–Crippen LogP) is 1.16. The van der Waals surface area contributed by atoms with Gasteiger partial charge in [-0.2, -0.15) is 0 Å². The second-order valence-electron chi connectivity index (χ2n) is 3.94. The number of carboxylic acids is 1. The number of carbonyl (C=O) groups is 3. The molecule has 8 heteroatoms. The van der Waals surface area contributed by atoms with E-state index in [1.807, 2.05) is 0 Å². The number of H-pyrrole nitrogens is 1. The van der Waals surface area contributed by atoms with Crippen LogP contribution in [0.4, 0.5) is 0 Å². The monoisotopic (exact) mass is 305 g/mol. The summed E-state index contributed by atoms with van der Waals surface area (Å²) in [7, 11) is 0. The maximum absolute atomic E-state index is 11.6. The average molecular weight is 305 g/mol. The Morgan fingerprint density at radius 1 is 1.29 bits per heavy atom. The van der Waals surface area contributed by atoms with Crippen molar-refractivity contribution in [2.24, 2.45) is 0 Å². The highest BCUT2D eigenvalue weighted by Gasteiger charge is 2.11. The lowest BCUT2D eigenvalue weighted by Crippen LogP contribution is -2.32. The second kappa shape index (κ2) is 6.71. The number of amides is 2. The van der Waals surface area contributed by atoms with Gasteiger partial charge in [-0.25, -0.2) is 9.78 Å². The summed E-state index contributed by atoms with van der Waals surface area (Å²) in [4.78, 5) is 40.5. The summed E-state index contributed by atoms with van der Waals surface area (Å²) in [5.74, 6) is -2.01. The lowest BCUT2D eigenvalue weighted by Gasteiger charge is -2.03. The molecule has 0 radical (unpaired) electrons. The first-order chi connectivity index (χ1) is 10.1. The van der Waals surface area contributed by atoms with Crippen LogP contribution < -0.4 is 5.32 Å². The number of aromatic nitrogens is 2. The number of nitrogens with zero attached hydrogens (tertiary/aromatic N) is 1. The molecule has 0 unspecified atom stereocenters. The zero-order chi connectivity index (χ0) is 15.2. The molecule has 0 aromatic carbocycles. The summed E-state index contributed by atoms with van der Waals surface area (Å²) < 4.78 is 0. The second-order valence-corrected chi connectivity index (χ2v) is 4.94. The molecule has 2 amide bonds. The van der Waals surface area contributed by atoms with Gasteiger partial charge in [0.2, 0.25) is 5.91 Å². The van der Waals surface area contributed by atoms with Crippen LogP contribution in [0.25, 0.3) is 0 Å². The van der Waals surface area contributed by atoms with Crippen molar-refractivity contribution in [3.8, 4) is 0 Å². The summed E-state index contributed by atoms with van der Waals surface area (Å²) >= 11 is 1.11. The van der Waals surface area contributed by atoms with Gasteiger partial charge in [0.1, 0.15) is 5.69 Å². The summed E-state index contributed by atoms with van der Waals surface area (Å²) in [6.45, 7) is 0. The van der Waals surface area contributed by atoms with Crippen LogP contribution in [0.15, 0.2) is 41.7 Å². The Kier molecular flexibility index (Phi) is 4.72. The molecule has 0 aliphatic carbocycles. The van der Waals surface area contributed by atoms with Crippen LogP contribution in [0.5, 0.6) is 0 Å². The molecule has 2 heterocycles. The number of pyridine rings is 1. The van der Waals surface area contributed by atoms with Gasteiger partial charge in [0, 0.05) is 12.4 Å². The van der Waals surface area contributed by atoms with E-state index < -0.39 is 17.8 Å². The number of nitrogens with one attached hydrogen (secondary N) is 2. The maximum Gasteiger partial charge on any atom is 0.337 e. The molecule has 0 fully saturated rings. The van der Waals surface area contributed by atoms with E-state index >= 15 is 0 Å². The smallest absolute Gasteiger partial charge is 0.337 e. The van der Waals surface area contributed by atoms with Gasteiger partial charge in [-0.1, -0.05) is 11.8 Å². The number of aromatic amines is 1. The van der Waals surface area contributed by atoms with Crippen molar-refractivity contribution in [1.29, 1.82) is 0 Å². The molecular formula is C13H11N3O4S. The highest BCUT2D eigenvalue weighted by molar-refractivity contribution is 7.99. The molecule has 3 N–H and O–H groups in total. The van der Waals surface area contributed by atoms with Gasteiger partial charge in [0.25, 0.3) is 5.91 Å². The number of carboxylic acid groups (broad SMARTS) is 1. The number of rotatable bonds is 5. The first-order valence-corrected chi connectivity index (χ1v) is 6.84. The minimum atomic E-state index is -1.06. The van der Waals surface area contributed by atoms with Crippen molar-refractivity contribution in [3.05, 3.63) is 47.9 Å². The Morgan fingerprint density at radius 3 is 2.67 bits per heavy atom. The maximum atomic E-state index is 11.6. The minimum Gasteiger partial charge on any atom is -0.478 e. The highest BCUT2D eigenvalue weighted by Crippen LogP contribution is 2.14. The largest absolute Gasteiger partial charge is 0.478 e. The molecule has 0 spiro atoms. The fourth-order valence-electron chi connectivity index (χ4n) is 1.43. The Bertz CT molecular complexity index is 653. The SMILES string of the molecule is O=C(CSc1ccc(C(=O)O)cn1)NC(=O)c1ccc[nH]1. The van der Waals surface area contributed by atoms with Crippen molar-refractivity contribution in [1.82, 2.24) is 15.3 Å². The summed E-state index contributed by atoms with van der Waals surface area (Å²) in [5.41, 5.74) is 0.378. The van der Waals surface area contributed by atoms with Crippen molar-refractivity contribution < 1.29 is 19.5 Å². The van der Waals surface area contributed by atoms with Gasteiger partial charge in [0.15, 0.2) is 0 Å². The van der Waals surface area contributed by atoms with Crippen LogP contribution in [0, 0.1) is 0 Å². The van der Waals surface area contributed by atoms with Gasteiger partial charge in [-0.15, -0.1) is 0 Å². The fourth-order valence-corrected chi connectivity index (χ4v) is 2.08. The number of hydrogen-bond donors (Lipinski definition) is 3. The van der Waals surface area contributed by atoms with Crippen LogP contribution in [0.1, 0.15) is 20.8 Å². The lowest BCUT2D eigenvalue weighted by molar-refractivity contribution is -0.117. The summed E-state index contributed by atoms with van der Waals surface area (Å²) in [5, 5.41) is 11.5. The van der Waals surface area contributed by atoms with E-state index in [4.69, 9.17) is 5.11 Å². The Balaban J connectivity index is 1.83. The van der Waals surface area contributed by atoms with Crippen LogP contribution >= 0.6 is 11.8 Å². The molecule has 108 valence electrons. The van der Waals surface area contributed by atoms with E-state index in [1.54, 1.807) is 18.3 Å². The van der Waals surface area contributed by atoms with E-state index in [1.165, 1.54) is 18.3 Å². The number of carbonyl (C=O) groups excluding carboxylic acids is 2. The number of thioether (sulfide) groups is 1. The molecule has 21 heavy (non-hydrogen) atoms. The van der Waals surface area contributed by atoms with Gasteiger partial charge < -0.3 is 10.1 Å². The van der Waals surface area contributed by atoms with Crippen LogP contribution in [-0.4, -0.2) is 38.6 Å². The van der Waals surface area contributed by atoms with Gasteiger partial charge in [-0.3, -0.25) is 14.9 Å². The molecule has 0 bridgehead atoms. The van der Waals surface area contributed by atoms with Gasteiger partial charge in [0.05, 0.1) is 16.3 Å². The molecule has 2 aromatic heterocycles. The molecule has 2 rings (SSSR count). The van der Waals surface area contributed by atoms with Crippen LogP contribution in [0.2, 0.25) is 0 Å². The quantitative estimate of drug-likeness (QED) is 0.715. The third-order valence-corrected chi connectivity index (χ3v) is 3.37. The molecule has 7 nitrogen and oxygen atoms in total. The fraction of sp³-hybridized carbons (Fsp3) is 0.0769. The minimum absolute atomic E-state index is 0.00582. The van der Waals surface area contributed by atoms with E-state index in [2.05, 4.69) is 15.3 Å². The summed E-state index contributed by atoms with van der Waals surface area (Å²) in [6.07, 6.45) is 2.80. The van der Waals surface area contributed by atoms with E-state index in [0.717, 1.165) is 11.8 Å². The predicted molar refractivity (Wildman–Crippen MR) is 75.2 cm³/mol. The first-order valence-electron chi connectivity index (χ1n) is 5.86. The zero-order valence-corrected chi connectivity index (χ0v) is 11.5. The van der Waals surface area contributed by atoms with Crippen molar-refractivity contribution >= 4 is 29.5 Å². The average Bonchev–Trinajstić information content (AvgIpc) is 3.00. The molecular weight excluding hydrogens is 294 g/mol. The molecule has 0 aliphatic heterocycles. The van der Waals surface area contributed by atoms with Gasteiger partial charge >= 0.3 is 5.97 Å². The molecule has 2 aromatic rings. The molecule has 0 saturated carbocycles. The van der Waals surface area contributed by atoms with Crippen molar-refractivity contribution in [3.63, 3.8) is 0 Å². The normalized spacial score (nSPS) is 10.1. The molecule has 0 atom stereocenters. The van der Waals surface area contributed by atoms with Crippen LogP contribution in [-0.2, 0) is 4.79 Å². The third-order valence-electron chi connectivity index (χ3n) is 2.43. The standard InChI is InChI=1S/C13H11N3O4S/c17-10(16-12(18)9-2-1-5-14-9)7-21-11-4-3-8(6-15-11)13(19)20/h1-6,14H,7H2,(H,19,20)(H,16,17,18). The Morgan fingerprint density at radius 2 is 2.10 bits per heavy atom. The number of imide groups is 1. The van der Waals surface area contributed by atoms with E-state index in [-0.39, 0.29) is 11.3 Å². The molecule has 0 aliphatic rings. The Hall–Kier alpha value is -2.61. The zero-order valence-electron chi connectivity index (χ0n) is 10.7. The Labute approximate surface area is 123 Å². The number of aromatic carboxylic acids is 1. The summed E-state index contributed by atoms with van der Waals surface area (Å²) in [6, 6.07) is 6.12. The molecule has 0 saturated heterocycles. The van der Waals surface area contributed by atoms with E-state index in [0.29, 0.717) is 10.7 Å².